The van der Waals surface area contributed by atoms with Gasteiger partial charge in [-0.2, -0.15) is 22.5 Å². The van der Waals surface area contributed by atoms with Gasteiger partial charge < -0.3 is 10.2 Å². The van der Waals surface area contributed by atoms with E-state index in [1.54, 1.807) is 0 Å². The Kier molecular flexibility index (Phi) is 6.51. The second-order valence-electron chi connectivity index (χ2n) is 7.06. The summed E-state index contributed by atoms with van der Waals surface area (Å²) in [6, 6.07) is 6.09. The van der Waals surface area contributed by atoms with E-state index >= 15 is 0 Å². The monoisotopic (exact) mass is 443 g/mol. The molecule has 1 fully saturated rings. The van der Waals surface area contributed by atoms with Gasteiger partial charge in [0.05, 0.1) is 11.3 Å². The number of alkyl halides is 3. The van der Waals surface area contributed by atoms with Crippen LogP contribution in [0.5, 0.6) is 0 Å². The molecule has 0 spiro atoms. The fourth-order valence-corrected chi connectivity index (χ4v) is 4.75. The molecule has 1 aromatic carbocycles. The first-order chi connectivity index (χ1) is 14.1. The van der Waals surface area contributed by atoms with Crippen LogP contribution >= 0.6 is 0 Å². The molecule has 0 saturated carbocycles. The number of hydrogen-bond donors (Lipinski definition) is 1. The summed E-state index contributed by atoms with van der Waals surface area (Å²) < 4.78 is 64.8. The summed E-state index contributed by atoms with van der Waals surface area (Å²) in [6.45, 7) is 6.01. The van der Waals surface area contributed by atoms with Gasteiger partial charge in [-0.25, -0.2) is 13.4 Å². The van der Waals surface area contributed by atoms with Crippen LogP contribution in [0.4, 0.5) is 24.9 Å². The Hall–Kier alpha value is -2.40. The van der Waals surface area contributed by atoms with E-state index < -0.39 is 21.8 Å². The molecular formula is C19H24F3N5O2S. The van der Waals surface area contributed by atoms with E-state index in [-0.39, 0.29) is 18.8 Å². The summed E-state index contributed by atoms with van der Waals surface area (Å²) in [4.78, 5) is 10.8. The Bertz CT molecular complexity index is 973. The summed E-state index contributed by atoms with van der Waals surface area (Å²) >= 11 is 0. The predicted octanol–water partition coefficient (Wildman–Crippen LogP) is 2.89. The van der Waals surface area contributed by atoms with Crippen molar-refractivity contribution in [3.8, 4) is 0 Å². The Morgan fingerprint density at radius 1 is 1.07 bits per heavy atom. The minimum absolute atomic E-state index is 0.280. The second-order valence-corrected chi connectivity index (χ2v) is 9.03. The largest absolute Gasteiger partial charge is 0.416 e. The van der Waals surface area contributed by atoms with Crippen LogP contribution in [0.25, 0.3) is 0 Å². The van der Waals surface area contributed by atoms with Crippen molar-refractivity contribution in [2.24, 2.45) is 0 Å². The Morgan fingerprint density at radius 3 is 2.27 bits per heavy atom. The van der Waals surface area contributed by atoms with Crippen molar-refractivity contribution < 1.29 is 21.6 Å². The van der Waals surface area contributed by atoms with E-state index in [9.17, 15) is 21.6 Å². The first-order valence-corrected chi connectivity index (χ1v) is 11.2. The molecule has 0 unspecified atom stereocenters. The molecule has 1 N–H and O–H groups in total. The summed E-state index contributed by atoms with van der Waals surface area (Å²) in [5.74, 6) is 0.936. The average Bonchev–Trinajstić information content (AvgIpc) is 2.67. The zero-order chi connectivity index (χ0) is 21.9. The molecule has 2 heterocycles. The van der Waals surface area contributed by atoms with Crippen LogP contribution < -0.4 is 10.2 Å². The molecule has 30 heavy (non-hydrogen) atoms. The third-order valence-electron chi connectivity index (χ3n) is 4.76. The van der Waals surface area contributed by atoms with Gasteiger partial charge in [0.1, 0.15) is 5.82 Å². The standard InChI is InChI=1S/C19H24F3N5O2S/c1-3-23-18-24-14(2)12-17(25-18)26-8-10-27(11-9-26)30(28,29)13-15-4-6-16(7-5-15)19(20,21)22/h4-7,12H,3,8-11,13H2,1-2H3,(H,23,24,25). The van der Waals surface area contributed by atoms with Gasteiger partial charge in [0, 0.05) is 44.5 Å². The molecule has 164 valence electrons. The van der Waals surface area contributed by atoms with Crippen LogP contribution in [0, 0.1) is 6.92 Å². The predicted molar refractivity (Wildman–Crippen MR) is 109 cm³/mol. The molecule has 7 nitrogen and oxygen atoms in total. The number of rotatable bonds is 6. The first-order valence-electron chi connectivity index (χ1n) is 9.57. The summed E-state index contributed by atoms with van der Waals surface area (Å²) in [6.07, 6.45) is -4.44. The summed E-state index contributed by atoms with van der Waals surface area (Å²) in [5, 5.41) is 3.08. The molecule has 1 saturated heterocycles. The van der Waals surface area contributed by atoms with Gasteiger partial charge in [-0.15, -0.1) is 0 Å². The van der Waals surface area contributed by atoms with Crippen LogP contribution in [-0.4, -0.2) is 55.4 Å². The van der Waals surface area contributed by atoms with Crippen molar-refractivity contribution in [3.05, 3.63) is 47.2 Å². The highest BCUT2D eigenvalue weighted by Crippen LogP contribution is 2.29. The van der Waals surface area contributed by atoms with Crippen molar-refractivity contribution in [3.63, 3.8) is 0 Å². The van der Waals surface area contributed by atoms with Gasteiger partial charge in [-0.05, 0) is 31.5 Å². The van der Waals surface area contributed by atoms with Crippen LogP contribution in [0.1, 0.15) is 23.7 Å². The topological polar surface area (TPSA) is 78.4 Å². The van der Waals surface area contributed by atoms with Crippen LogP contribution in [0.15, 0.2) is 30.3 Å². The van der Waals surface area contributed by atoms with E-state index in [1.165, 1.54) is 16.4 Å². The number of hydrogen-bond acceptors (Lipinski definition) is 6. The van der Waals surface area contributed by atoms with E-state index in [2.05, 4.69) is 15.3 Å². The van der Waals surface area contributed by atoms with Gasteiger partial charge in [0.2, 0.25) is 16.0 Å². The lowest BCUT2D eigenvalue weighted by Crippen LogP contribution is -2.49. The van der Waals surface area contributed by atoms with E-state index in [4.69, 9.17) is 0 Å². The molecule has 3 rings (SSSR count). The first kappa shape index (κ1) is 22.3. The number of anilines is 2. The lowest BCUT2D eigenvalue weighted by atomic mass is 10.1. The highest BCUT2D eigenvalue weighted by molar-refractivity contribution is 7.88. The highest BCUT2D eigenvalue weighted by atomic mass is 32.2. The number of halogens is 3. The summed E-state index contributed by atoms with van der Waals surface area (Å²) in [5.41, 5.74) is 0.342. The SMILES string of the molecule is CCNc1nc(C)cc(N2CCN(S(=O)(=O)Cc3ccc(C(F)(F)F)cc3)CC2)n1. The maximum atomic E-state index is 12.7. The van der Waals surface area contributed by atoms with E-state index in [0.717, 1.165) is 23.6 Å². The molecule has 1 aromatic heterocycles. The number of aryl methyl sites for hydroxylation is 1. The molecule has 0 radical (unpaired) electrons. The van der Waals surface area contributed by atoms with Gasteiger partial charge in [-0.1, -0.05) is 12.1 Å². The van der Waals surface area contributed by atoms with Crippen molar-refractivity contribution in [2.45, 2.75) is 25.8 Å². The average molecular weight is 443 g/mol. The molecule has 1 aliphatic heterocycles. The van der Waals surface area contributed by atoms with E-state index in [0.29, 0.717) is 31.1 Å². The Balaban J connectivity index is 1.64. The number of nitrogens with zero attached hydrogens (tertiary/aromatic N) is 4. The fourth-order valence-electron chi connectivity index (χ4n) is 3.24. The zero-order valence-electron chi connectivity index (χ0n) is 16.8. The Labute approximate surface area is 174 Å². The maximum Gasteiger partial charge on any atom is 0.416 e. The third-order valence-corrected chi connectivity index (χ3v) is 6.61. The van der Waals surface area contributed by atoms with Crippen LogP contribution in [-0.2, 0) is 22.0 Å². The second kappa shape index (κ2) is 8.76. The minimum Gasteiger partial charge on any atom is -0.354 e. The van der Waals surface area contributed by atoms with Crippen molar-refractivity contribution in [2.75, 3.05) is 42.9 Å². The molecule has 0 atom stereocenters. The van der Waals surface area contributed by atoms with Crippen molar-refractivity contribution >= 4 is 21.8 Å². The molecule has 0 amide bonds. The summed E-state index contributed by atoms with van der Waals surface area (Å²) in [7, 11) is -3.63. The van der Waals surface area contributed by atoms with Gasteiger partial charge in [0.25, 0.3) is 0 Å². The molecule has 0 aliphatic carbocycles. The zero-order valence-corrected chi connectivity index (χ0v) is 17.6. The van der Waals surface area contributed by atoms with Crippen LogP contribution in [0.2, 0.25) is 0 Å². The smallest absolute Gasteiger partial charge is 0.354 e. The third kappa shape index (κ3) is 5.39. The normalized spacial score (nSPS) is 16.0. The highest BCUT2D eigenvalue weighted by Gasteiger charge is 2.31. The van der Waals surface area contributed by atoms with Gasteiger partial charge >= 0.3 is 6.18 Å². The van der Waals surface area contributed by atoms with Crippen molar-refractivity contribution in [1.29, 1.82) is 0 Å². The molecular weight excluding hydrogens is 419 g/mol. The number of benzene rings is 1. The lowest BCUT2D eigenvalue weighted by molar-refractivity contribution is -0.137. The number of piperazine rings is 1. The quantitative estimate of drug-likeness (QED) is 0.740. The van der Waals surface area contributed by atoms with Crippen molar-refractivity contribution in [1.82, 2.24) is 14.3 Å². The molecule has 0 bridgehead atoms. The molecule has 1 aliphatic rings. The minimum atomic E-state index is -4.44. The van der Waals surface area contributed by atoms with Gasteiger partial charge in [0.15, 0.2) is 0 Å². The van der Waals surface area contributed by atoms with E-state index in [1.807, 2.05) is 24.8 Å². The van der Waals surface area contributed by atoms with Crippen LogP contribution in [0.3, 0.4) is 0 Å². The maximum absolute atomic E-state index is 12.7. The molecule has 11 heteroatoms. The fraction of sp³-hybridized carbons (Fsp3) is 0.474. The Morgan fingerprint density at radius 2 is 1.70 bits per heavy atom. The molecule has 2 aromatic rings. The number of nitrogens with one attached hydrogen (secondary N) is 1. The van der Waals surface area contributed by atoms with Gasteiger partial charge in [-0.3, -0.25) is 0 Å². The number of sulfonamides is 1. The lowest BCUT2D eigenvalue weighted by Gasteiger charge is -2.34. The number of aromatic nitrogens is 2.